The van der Waals surface area contributed by atoms with Gasteiger partial charge in [0.1, 0.15) is 0 Å². The van der Waals surface area contributed by atoms with Crippen LogP contribution in [0.3, 0.4) is 0 Å². The van der Waals surface area contributed by atoms with Gasteiger partial charge in [0, 0.05) is 27.9 Å². The maximum atomic E-state index is 2.59. The summed E-state index contributed by atoms with van der Waals surface area (Å²) >= 11 is 0. The summed E-state index contributed by atoms with van der Waals surface area (Å²) in [5, 5.41) is 0. The van der Waals surface area contributed by atoms with E-state index in [0.717, 1.165) is 23.2 Å². The molecule has 0 heterocycles. The van der Waals surface area contributed by atoms with Crippen LogP contribution in [-0.2, 0) is 10.8 Å². The molecule has 53 heavy (non-hydrogen) atoms. The highest BCUT2D eigenvalue weighted by atomic mass is 15.1. The number of fused-ring (bicyclic) bond motifs is 11. The van der Waals surface area contributed by atoms with E-state index in [4.69, 9.17) is 0 Å². The maximum Gasteiger partial charge on any atom is 0.0465 e. The fraction of sp³-hybridized carbons (Fsp3) is 0.192. The third kappa shape index (κ3) is 4.50. The van der Waals surface area contributed by atoms with Gasteiger partial charge in [0.2, 0.25) is 0 Å². The lowest BCUT2D eigenvalue weighted by atomic mass is 9.66. The van der Waals surface area contributed by atoms with Crippen LogP contribution in [0, 0.1) is 11.8 Å². The zero-order valence-electron chi connectivity index (χ0n) is 30.5. The first-order valence-corrected chi connectivity index (χ1v) is 19.5. The third-order valence-electron chi connectivity index (χ3n) is 13.5. The van der Waals surface area contributed by atoms with Crippen molar-refractivity contribution in [1.82, 2.24) is 0 Å². The molecule has 3 unspecified atom stereocenters. The molecule has 4 aliphatic rings. The van der Waals surface area contributed by atoms with Gasteiger partial charge in [0.25, 0.3) is 0 Å². The van der Waals surface area contributed by atoms with E-state index in [1.54, 1.807) is 11.1 Å². The van der Waals surface area contributed by atoms with E-state index in [2.05, 4.69) is 183 Å². The highest BCUT2D eigenvalue weighted by Crippen LogP contribution is 2.66. The van der Waals surface area contributed by atoms with Crippen molar-refractivity contribution in [3.63, 3.8) is 0 Å². The number of hydrogen-bond acceptors (Lipinski definition) is 1. The molecular formula is C52H43N. The van der Waals surface area contributed by atoms with Crippen molar-refractivity contribution in [1.29, 1.82) is 0 Å². The number of anilines is 3. The Kier molecular flexibility index (Phi) is 6.66. The molecular weight excluding hydrogens is 639 g/mol. The van der Waals surface area contributed by atoms with Crippen molar-refractivity contribution in [2.75, 3.05) is 4.90 Å². The topological polar surface area (TPSA) is 3.24 Å². The minimum Gasteiger partial charge on any atom is -0.310 e. The number of para-hydroxylation sites is 1. The smallest absolute Gasteiger partial charge is 0.0465 e. The molecule has 4 aliphatic carbocycles. The zero-order chi connectivity index (χ0) is 35.3. The first-order chi connectivity index (χ1) is 26.0. The van der Waals surface area contributed by atoms with Gasteiger partial charge in [-0.3, -0.25) is 0 Å². The van der Waals surface area contributed by atoms with Crippen LogP contribution in [0.5, 0.6) is 0 Å². The van der Waals surface area contributed by atoms with Gasteiger partial charge in [0.05, 0.1) is 0 Å². The van der Waals surface area contributed by atoms with Crippen LogP contribution in [0.1, 0.15) is 61.8 Å². The first kappa shape index (κ1) is 30.9. The number of benzene rings is 7. The number of nitrogens with zero attached hydrogens (tertiary/aromatic N) is 1. The number of hydrogen-bond donors (Lipinski definition) is 0. The second kappa shape index (κ2) is 11.4. The van der Waals surface area contributed by atoms with Crippen molar-refractivity contribution >= 4 is 17.1 Å². The monoisotopic (exact) mass is 681 g/mol. The minimum absolute atomic E-state index is 0.144. The molecule has 0 aliphatic heterocycles. The molecule has 0 amide bonds. The molecule has 11 rings (SSSR count). The van der Waals surface area contributed by atoms with Gasteiger partial charge < -0.3 is 4.90 Å². The molecule has 3 atom stereocenters. The molecule has 1 spiro atoms. The van der Waals surface area contributed by atoms with Crippen molar-refractivity contribution < 1.29 is 0 Å². The molecule has 2 fully saturated rings. The summed E-state index contributed by atoms with van der Waals surface area (Å²) in [4.78, 5) is 2.40. The molecule has 0 radical (unpaired) electrons. The van der Waals surface area contributed by atoms with Gasteiger partial charge >= 0.3 is 0 Å². The van der Waals surface area contributed by atoms with Gasteiger partial charge in [-0.15, -0.1) is 0 Å². The van der Waals surface area contributed by atoms with Crippen LogP contribution < -0.4 is 4.90 Å². The van der Waals surface area contributed by atoms with Crippen LogP contribution in [0.15, 0.2) is 164 Å². The quantitative estimate of drug-likeness (QED) is 0.175. The Bertz CT molecular complexity index is 2540. The van der Waals surface area contributed by atoms with Gasteiger partial charge in [0.15, 0.2) is 0 Å². The maximum absolute atomic E-state index is 2.59. The summed E-state index contributed by atoms with van der Waals surface area (Å²) < 4.78 is 0. The average Bonchev–Trinajstić information content (AvgIpc) is 3.96. The fourth-order valence-electron chi connectivity index (χ4n) is 11.1. The summed E-state index contributed by atoms with van der Waals surface area (Å²) in [5.74, 6) is 1.64. The van der Waals surface area contributed by atoms with Crippen LogP contribution in [-0.4, -0.2) is 0 Å². The average molecular weight is 682 g/mol. The lowest BCUT2D eigenvalue weighted by molar-refractivity contribution is 0.327. The lowest BCUT2D eigenvalue weighted by Gasteiger charge is -2.36. The van der Waals surface area contributed by atoms with E-state index >= 15 is 0 Å². The van der Waals surface area contributed by atoms with Crippen LogP contribution in [0.4, 0.5) is 17.1 Å². The Morgan fingerprint density at radius 3 is 1.66 bits per heavy atom. The van der Waals surface area contributed by atoms with E-state index in [-0.39, 0.29) is 10.8 Å². The molecule has 0 saturated heterocycles. The van der Waals surface area contributed by atoms with E-state index in [9.17, 15) is 0 Å². The zero-order valence-corrected chi connectivity index (χ0v) is 30.5. The highest BCUT2D eigenvalue weighted by Gasteiger charge is 2.56. The normalized spacial score (nSPS) is 20.9. The van der Waals surface area contributed by atoms with Gasteiger partial charge in [-0.2, -0.15) is 0 Å². The summed E-state index contributed by atoms with van der Waals surface area (Å²) in [5.41, 5.74) is 20.3. The molecule has 7 aromatic rings. The van der Waals surface area contributed by atoms with Crippen LogP contribution >= 0.6 is 0 Å². The Morgan fingerprint density at radius 2 is 0.962 bits per heavy atom. The van der Waals surface area contributed by atoms with Gasteiger partial charge in [-0.1, -0.05) is 136 Å². The van der Waals surface area contributed by atoms with Crippen LogP contribution in [0.25, 0.3) is 44.5 Å². The molecule has 7 aromatic carbocycles. The standard InChI is InChI=1S/C52H43N/c1-51(2)48-30-37(38-21-27-46-43-15-9-10-16-47(43)52(50(46)31-38)33-34-17-22-39(52)29-34)20-26-44(48)45-28-25-42(32-49(45)51)53(40-13-7-4-8-14-40)41-23-18-36(19-24-41)35-11-5-3-6-12-35/h3-16,18-21,23-28,30-32,34,39H,17,22,29,33H2,1-2H3. The largest absolute Gasteiger partial charge is 0.310 e. The fourth-order valence-corrected chi connectivity index (χ4v) is 11.1. The van der Waals surface area contributed by atoms with E-state index in [1.807, 2.05) is 0 Å². The molecule has 256 valence electrons. The first-order valence-electron chi connectivity index (χ1n) is 19.5. The Balaban J connectivity index is 0.974. The Hall–Kier alpha value is -5.66. The predicted molar refractivity (Wildman–Crippen MR) is 221 cm³/mol. The molecule has 2 saturated carbocycles. The Morgan fingerprint density at radius 1 is 0.434 bits per heavy atom. The second-order valence-corrected chi connectivity index (χ2v) is 16.6. The molecule has 2 bridgehead atoms. The van der Waals surface area contributed by atoms with Crippen molar-refractivity contribution in [3.05, 3.63) is 186 Å². The second-order valence-electron chi connectivity index (χ2n) is 16.6. The third-order valence-corrected chi connectivity index (χ3v) is 13.5. The molecule has 1 heteroatoms. The predicted octanol–water partition coefficient (Wildman–Crippen LogP) is 13.9. The molecule has 1 nitrogen and oxygen atoms in total. The molecule has 0 N–H and O–H groups in total. The van der Waals surface area contributed by atoms with Crippen molar-refractivity contribution in [2.24, 2.45) is 11.8 Å². The number of rotatable bonds is 5. The van der Waals surface area contributed by atoms with Crippen molar-refractivity contribution in [3.8, 4) is 44.5 Å². The summed E-state index contributed by atoms with van der Waals surface area (Å²) in [6.07, 6.45) is 5.50. The van der Waals surface area contributed by atoms with Gasteiger partial charge in [-0.05, 0) is 146 Å². The van der Waals surface area contributed by atoms with E-state index in [0.29, 0.717) is 0 Å². The van der Waals surface area contributed by atoms with Crippen molar-refractivity contribution in [2.45, 2.75) is 50.4 Å². The molecule has 0 aromatic heterocycles. The van der Waals surface area contributed by atoms with Crippen LogP contribution in [0.2, 0.25) is 0 Å². The Labute approximate surface area is 313 Å². The SMILES string of the molecule is CC1(C)c2cc(-c3ccc4c(c3)C3(CC5CCC3C5)c3ccccc3-4)ccc2-c2ccc(N(c3ccccc3)c3ccc(-c4ccccc4)cc3)cc21. The lowest BCUT2D eigenvalue weighted by Crippen LogP contribution is -2.31. The summed E-state index contributed by atoms with van der Waals surface area (Å²) in [7, 11) is 0. The highest BCUT2D eigenvalue weighted by molar-refractivity contribution is 5.89. The summed E-state index contributed by atoms with van der Waals surface area (Å²) in [6.45, 7) is 4.83. The van der Waals surface area contributed by atoms with E-state index in [1.165, 1.54) is 87.0 Å². The van der Waals surface area contributed by atoms with E-state index < -0.39 is 0 Å². The van der Waals surface area contributed by atoms with Gasteiger partial charge in [-0.25, -0.2) is 0 Å². The summed E-state index contributed by atoms with van der Waals surface area (Å²) in [6, 6.07) is 61.5. The minimum atomic E-state index is -0.144.